The largest absolute Gasteiger partial charge is 0.365 e. The van der Waals surface area contributed by atoms with E-state index in [0.717, 1.165) is 16.6 Å². The Balaban J connectivity index is 1.95. The second-order valence-corrected chi connectivity index (χ2v) is 5.30. The number of aromatic nitrogens is 1. The highest BCUT2D eigenvalue weighted by Gasteiger charge is 2.07. The van der Waals surface area contributed by atoms with E-state index < -0.39 is 0 Å². The molecular weight excluding hydrogens is 256 g/mol. The molecule has 19 heavy (non-hydrogen) atoms. The lowest BCUT2D eigenvalue weighted by atomic mass is 10.1. The molecular formula is C15H14N2OS. The van der Waals surface area contributed by atoms with Crippen LogP contribution in [-0.4, -0.2) is 4.98 Å². The molecule has 0 aliphatic rings. The van der Waals surface area contributed by atoms with E-state index >= 15 is 0 Å². The van der Waals surface area contributed by atoms with Crippen LogP contribution in [0.5, 0.6) is 0 Å². The van der Waals surface area contributed by atoms with E-state index in [1.165, 1.54) is 5.56 Å². The highest BCUT2D eigenvalue weighted by molar-refractivity contribution is 7.07. The Morgan fingerprint density at radius 1 is 1.26 bits per heavy atom. The number of aromatic amines is 1. The van der Waals surface area contributed by atoms with Gasteiger partial charge in [-0.05, 0) is 46.8 Å². The number of hydrogen-bond acceptors (Lipinski definition) is 3. The van der Waals surface area contributed by atoms with Gasteiger partial charge in [0, 0.05) is 5.39 Å². The number of anilines is 1. The number of H-pyrrole nitrogens is 1. The Kier molecular flexibility index (Phi) is 3.09. The molecule has 0 aliphatic carbocycles. The van der Waals surface area contributed by atoms with Crippen LogP contribution in [0.3, 0.4) is 0 Å². The van der Waals surface area contributed by atoms with Crippen LogP contribution in [0.2, 0.25) is 0 Å². The summed E-state index contributed by atoms with van der Waals surface area (Å²) < 4.78 is 0. The summed E-state index contributed by atoms with van der Waals surface area (Å²) in [6.45, 7) is 2.08. The van der Waals surface area contributed by atoms with E-state index in [1.807, 2.05) is 30.3 Å². The van der Waals surface area contributed by atoms with Gasteiger partial charge in [0.25, 0.3) is 5.56 Å². The maximum absolute atomic E-state index is 12.0. The summed E-state index contributed by atoms with van der Waals surface area (Å²) in [5, 5.41) is 9.16. The number of pyridine rings is 1. The fraction of sp³-hybridized carbons (Fsp3) is 0.133. The van der Waals surface area contributed by atoms with Crippen molar-refractivity contribution in [2.24, 2.45) is 0 Å². The number of rotatable bonds is 3. The van der Waals surface area contributed by atoms with Gasteiger partial charge in [-0.15, -0.1) is 0 Å². The molecule has 2 aromatic heterocycles. The molecule has 3 rings (SSSR count). The van der Waals surface area contributed by atoms with Crippen molar-refractivity contribution in [3.05, 3.63) is 63.1 Å². The van der Waals surface area contributed by atoms with Crippen molar-refractivity contribution in [3.8, 4) is 0 Å². The van der Waals surface area contributed by atoms with E-state index in [9.17, 15) is 4.79 Å². The Hall–Kier alpha value is -2.07. The van der Waals surface area contributed by atoms with Gasteiger partial charge in [-0.1, -0.05) is 18.2 Å². The van der Waals surface area contributed by atoms with E-state index in [0.29, 0.717) is 0 Å². The molecule has 4 heteroatoms. The number of benzene rings is 1. The number of thiophene rings is 1. The van der Waals surface area contributed by atoms with Crippen LogP contribution in [-0.2, 0) is 0 Å². The van der Waals surface area contributed by atoms with Gasteiger partial charge in [0.05, 0.1) is 6.04 Å². The summed E-state index contributed by atoms with van der Waals surface area (Å²) in [6.07, 6.45) is 0. The number of fused-ring (bicyclic) bond motifs is 1. The summed E-state index contributed by atoms with van der Waals surface area (Å²) in [6, 6.07) is 11.8. The molecule has 0 amide bonds. The first-order valence-electron chi connectivity index (χ1n) is 6.15. The first-order valence-corrected chi connectivity index (χ1v) is 7.09. The lowest BCUT2D eigenvalue weighted by Gasteiger charge is -2.14. The molecule has 2 heterocycles. The lowest BCUT2D eigenvalue weighted by molar-refractivity contribution is 0.879. The second-order valence-electron chi connectivity index (χ2n) is 4.52. The van der Waals surface area contributed by atoms with Crippen LogP contribution in [0.1, 0.15) is 18.5 Å². The molecule has 0 saturated carbocycles. The maximum atomic E-state index is 12.0. The van der Waals surface area contributed by atoms with Gasteiger partial charge >= 0.3 is 0 Å². The zero-order valence-electron chi connectivity index (χ0n) is 10.5. The average Bonchev–Trinajstić information content (AvgIpc) is 2.93. The molecule has 0 fully saturated rings. The van der Waals surface area contributed by atoms with Gasteiger partial charge in [-0.3, -0.25) is 4.79 Å². The minimum Gasteiger partial charge on any atom is -0.365 e. The Labute approximate surface area is 114 Å². The van der Waals surface area contributed by atoms with Gasteiger partial charge in [-0.25, -0.2) is 0 Å². The van der Waals surface area contributed by atoms with Crippen molar-refractivity contribution in [1.29, 1.82) is 0 Å². The molecule has 0 aliphatic heterocycles. The summed E-state index contributed by atoms with van der Waals surface area (Å²) in [5.41, 5.74) is 1.16. The number of hydrogen-bond donors (Lipinski definition) is 2. The molecule has 1 unspecified atom stereocenters. The molecule has 3 nitrogen and oxygen atoms in total. The first-order chi connectivity index (χ1) is 9.24. The van der Waals surface area contributed by atoms with Gasteiger partial charge in [0.1, 0.15) is 5.82 Å². The van der Waals surface area contributed by atoms with Crippen molar-refractivity contribution >= 4 is 27.9 Å². The minimum absolute atomic E-state index is 0.0573. The third kappa shape index (κ3) is 2.39. The summed E-state index contributed by atoms with van der Waals surface area (Å²) >= 11 is 1.67. The van der Waals surface area contributed by atoms with Crippen LogP contribution in [0.25, 0.3) is 10.8 Å². The molecule has 1 aromatic carbocycles. The highest BCUT2D eigenvalue weighted by Crippen LogP contribution is 2.21. The quantitative estimate of drug-likeness (QED) is 0.761. The maximum Gasteiger partial charge on any atom is 0.257 e. The zero-order chi connectivity index (χ0) is 13.2. The molecule has 96 valence electrons. The Morgan fingerprint density at radius 3 is 2.89 bits per heavy atom. The Morgan fingerprint density at radius 2 is 2.11 bits per heavy atom. The van der Waals surface area contributed by atoms with Crippen molar-refractivity contribution < 1.29 is 0 Å². The van der Waals surface area contributed by atoms with E-state index in [4.69, 9.17) is 0 Å². The topological polar surface area (TPSA) is 44.9 Å². The van der Waals surface area contributed by atoms with Crippen LogP contribution in [0, 0.1) is 0 Å². The minimum atomic E-state index is -0.0573. The average molecular weight is 270 g/mol. The highest BCUT2D eigenvalue weighted by atomic mass is 32.1. The van der Waals surface area contributed by atoms with Crippen molar-refractivity contribution in [2.45, 2.75) is 13.0 Å². The van der Waals surface area contributed by atoms with Crippen molar-refractivity contribution in [2.75, 3.05) is 5.32 Å². The second kappa shape index (κ2) is 4.90. The van der Waals surface area contributed by atoms with Gasteiger partial charge in [0.2, 0.25) is 0 Å². The monoisotopic (exact) mass is 270 g/mol. The van der Waals surface area contributed by atoms with Crippen LogP contribution in [0.4, 0.5) is 5.82 Å². The van der Waals surface area contributed by atoms with Crippen LogP contribution in [0.15, 0.2) is 52.0 Å². The molecule has 0 spiro atoms. The van der Waals surface area contributed by atoms with Crippen molar-refractivity contribution in [3.63, 3.8) is 0 Å². The molecule has 3 aromatic rings. The predicted octanol–water partition coefficient (Wildman–Crippen LogP) is 3.76. The molecule has 0 radical (unpaired) electrons. The van der Waals surface area contributed by atoms with E-state index in [1.54, 1.807) is 11.3 Å². The van der Waals surface area contributed by atoms with Gasteiger partial charge < -0.3 is 10.3 Å². The molecule has 0 saturated heterocycles. The van der Waals surface area contributed by atoms with E-state index in [-0.39, 0.29) is 11.6 Å². The Bertz CT molecular complexity index is 746. The molecule has 1 atom stereocenters. The summed E-state index contributed by atoms with van der Waals surface area (Å²) in [4.78, 5) is 14.9. The third-order valence-electron chi connectivity index (χ3n) is 3.17. The zero-order valence-corrected chi connectivity index (χ0v) is 11.3. The third-order valence-corrected chi connectivity index (χ3v) is 3.87. The SMILES string of the molecule is CC(Nc1cc2ccccc2c(=O)[nH]1)c1ccsc1. The van der Waals surface area contributed by atoms with Gasteiger partial charge in [-0.2, -0.15) is 11.3 Å². The van der Waals surface area contributed by atoms with Gasteiger partial charge in [0.15, 0.2) is 0 Å². The predicted molar refractivity (Wildman–Crippen MR) is 80.9 cm³/mol. The molecule has 2 N–H and O–H groups in total. The lowest BCUT2D eigenvalue weighted by Crippen LogP contribution is -2.13. The van der Waals surface area contributed by atoms with Crippen LogP contribution < -0.4 is 10.9 Å². The molecule has 0 bridgehead atoms. The first kappa shape index (κ1) is 12.0. The number of nitrogens with one attached hydrogen (secondary N) is 2. The smallest absolute Gasteiger partial charge is 0.257 e. The normalized spacial score (nSPS) is 12.5. The summed E-state index contributed by atoms with van der Waals surface area (Å²) in [7, 11) is 0. The van der Waals surface area contributed by atoms with Crippen LogP contribution >= 0.6 is 11.3 Å². The fourth-order valence-corrected chi connectivity index (χ4v) is 2.88. The standard InChI is InChI=1S/C15H14N2OS/c1-10(12-6-7-19-9-12)16-14-8-11-4-2-3-5-13(11)15(18)17-14/h2-10H,1H3,(H2,16,17,18). The van der Waals surface area contributed by atoms with Crippen molar-refractivity contribution in [1.82, 2.24) is 4.98 Å². The summed E-state index contributed by atoms with van der Waals surface area (Å²) in [5.74, 6) is 0.752. The van der Waals surface area contributed by atoms with E-state index in [2.05, 4.69) is 34.1 Å². The fourth-order valence-electron chi connectivity index (χ4n) is 2.13.